The van der Waals surface area contributed by atoms with Gasteiger partial charge in [-0.3, -0.25) is 34.1 Å². The summed E-state index contributed by atoms with van der Waals surface area (Å²) in [4.78, 5) is 49.9. The van der Waals surface area contributed by atoms with E-state index in [0.29, 0.717) is 0 Å². The van der Waals surface area contributed by atoms with E-state index >= 15 is 0 Å². The van der Waals surface area contributed by atoms with Gasteiger partial charge in [0.15, 0.2) is 0 Å². The van der Waals surface area contributed by atoms with E-state index in [0.717, 1.165) is 10.5 Å². The molecule has 1 fully saturated rings. The van der Waals surface area contributed by atoms with Gasteiger partial charge in [-0.25, -0.2) is 8.42 Å². The molecule has 32 heavy (non-hydrogen) atoms. The highest BCUT2D eigenvalue weighted by molar-refractivity contribution is 7.92. The van der Waals surface area contributed by atoms with Gasteiger partial charge in [0.2, 0.25) is 11.8 Å². The third-order valence-corrected chi connectivity index (χ3v) is 6.72. The maximum Gasteiger partial charge on any atom is 0.265 e. The Hall–Kier alpha value is -3.73. The molecule has 1 atom stereocenters. The average Bonchev–Trinajstić information content (AvgIpc) is 2.97. The van der Waals surface area contributed by atoms with Crippen molar-refractivity contribution in [1.29, 1.82) is 0 Å². The molecule has 1 saturated heterocycles. The summed E-state index contributed by atoms with van der Waals surface area (Å²) in [5.41, 5.74) is 0.903. The predicted octanol–water partition coefficient (Wildman–Crippen LogP) is 1.21. The molecule has 2 heterocycles. The summed E-state index contributed by atoms with van der Waals surface area (Å²) in [7, 11) is -2.70. The number of nitrogens with one attached hydrogen (secondary N) is 2. The Morgan fingerprint density at radius 3 is 2.44 bits per heavy atom. The zero-order valence-electron chi connectivity index (χ0n) is 17.2. The van der Waals surface area contributed by atoms with Crippen molar-refractivity contribution in [2.75, 3.05) is 11.8 Å². The van der Waals surface area contributed by atoms with Gasteiger partial charge in [-0.2, -0.15) is 0 Å². The number of fused-ring (bicyclic) bond motifs is 1. The lowest BCUT2D eigenvalue weighted by Crippen LogP contribution is -2.54. The van der Waals surface area contributed by atoms with Gasteiger partial charge in [0, 0.05) is 12.1 Å². The quantitative estimate of drug-likeness (QED) is 0.643. The third kappa shape index (κ3) is 3.60. The largest absolute Gasteiger partial charge is 0.495 e. The summed E-state index contributed by atoms with van der Waals surface area (Å²) in [5.74, 6) is -2.43. The number of ether oxygens (including phenoxy) is 1. The molecule has 166 valence electrons. The van der Waals surface area contributed by atoms with E-state index in [-0.39, 0.29) is 40.3 Å². The van der Waals surface area contributed by atoms with E-state index in [4.69, 9.17) is 4.74 Å². The maximum atomic E-state index is 12.9. The third-order valence-electron chi connectivity index (χ3n) is 5.30. The fourth-order valence-electron chi connectivity index (χ4n) is 3.74. The Balaban J connectivity index is 1.63. The maximum absolute atomic E-state index is 12.9. The van der Waals surface area contributed by atoms with Crippen LogP contribution in [0.4, 0.5) is 5.69 Å². The number of methoxy groups -OCH3 is 1. The molecule has 2 N–H and O–H groups in total. The molecule has 0 saturated carbocycles. The number of piperidine rings is 1. The van der Waals surface area contributed by atoms with Crippen LogP contribution in [-0.4, -0.2) is 50.1 Å². The van der Waals surface area contributed by atoms with E-state index in [1.165, 1.54) is 31.4 Å². The monoisotopic (exact) mass is 457 g/mol. The first-order valence-electron chi connectivity index (χ1n) is 9.65. The van der Waals surface area contributed by atoms with Crippen LogP contribution in [0.15, 0.2) is 41.3 Å². The Kier molecular flexibility index (Phi) is 5.21. The number of rotatable bonds is 5. The lowest BCUT2D eigenvalue weighted by Gasteiger charge is -2.27. The number of hydrogen-bond acceptors (Lipinski definition) is 7. The summed E-state index contributed by atoms with van der Waals surface area (Å²) in [6.07, 6.45) is 0.0378. The number of imide groups is 2. The summed E-state index contributed by atoms with van der Waals surface area (Å²) in [6.45, 7) is 1.80. The van der Waals surface area contributed by atoms with Crippen LogP contribution in [0.1, 0.15) is 39.1 Å². The number of nitrogens with zero attached hydrogens (tertiary/aromatic N) is 1. The van der Waals surface area contributed by atoms with Gasteiger partial charge in [-0.05, 0) is 49.2 Å². The Morgan fingerprint density at radius 2 is 1.75 bits per heavy atom. The molecule has 0 aromatic heterocycles. The highest BCUT2D eigenvalue weighted by Gasteiger charge is 2.44. The van der Waals surface area contributed by atoms with Gasteiger partial charge in [-0.15, -0.1) is 0 Å². The molecular weight excluding hydrogens is 438 g/mol. The second-order valence-corrected chi connectivity index (χ2v) is 9.12. The second-order valence-electron chi connectivity index (χ2n) is 7.47. The van der Waals surface area contributed by atoms with E-state index in [1.54, 1.807) is 19.1 Å². The van der Waals surface area contributed by atoms with E-state index in [9.17, 15) is 27.6 Å². The van der Waals surface area contributed by atoms with Gasteiger partial charge in [0.05, 0.1) is 18.2 Å². The Labute approximate surface area is 183 Å². The van der Waals surface area contributed by atoms with Gasteiger partial charge in [0.25, 0.3) is 21.8 Å². The fourth-order valence-corrected chi connectivity index (χ4v) is 4.94. The minimum absolute atomic E-state index is 0.00719. The van der Waals surface area contributed by atoms with Gasteiger partial charge in [-0.1, -0.05) is 6.07 Å². The van der Waals surface area contributed by atoms with E-state index in [1.807, 2.05) is 0 Å². The molecule has 0 spiro atoms. The molecule has 1 unspecified atom stereocenters. The molecule has 2 aliphatic heterocycles. The van der Waals surface area contributed by atoms with Crippen molar-refractivity contribution in [1.82, 2.24) is 10.2 Å². The minimum atomic E-state index is -4.06. The van der Waals surface area contributed by atoms with Crippen molar-refractivity contribution in [3.8, 4) is 5.75 Å². The summed E-state index contributed by atoms with van der Waals surface area (Å²) < 4.78 is 33.3. The lowest BCUT2D eigenvalue weighted by molar-refractivity contribution is -0.136. The average molecular weight is 457 g/mol. The molecular formula is C21H19N3O7S. The fraction of sp³-hybridized carbons (Fsp3) is 0.238. The second kappa shape index (κ2) is 7.75. The van der Waals surface area contributed by atoms with Crippen LogP contribution in [0.25, 0.3) is 0 Å². The minimum Gasteiger partial charge on any atom is -0.495 e. The van der Waals surface area contributed by atoms with E-state index < -0.39 is 39.7 Å². The zero-order chi connectivity index (χ0) is 23.2. The zero-order valence-corrected chi connectivity index (χ0v) is 18.0. The molecule has 4 amide bonds. The number of sulfonamides is 1. The molecule has 0 radical (unpaired) electrons. The van der Waals surface area contributed by atoms with Crippen LogP contribution in [0.2, 0.25) is 0 Å². The van der Waals surface area contributed by atoms with Crippen LogP contribution in [0, 0.1) is 6.92 Å². The number of anilines is 1. The number of carbonyl (C=O) groups excluding carboxylic acids is 4. The normalized spacial score (nSPS) is 18.4. The highest BCUT2D eigenvalue weighted by atomic mass is 32.2. The lowest BCUT2D eigenvalue weighted by atomic mass is 10.0. The first-order valence-corrected chi connectivity index (χ1v) is 11.1. The first-order chi connectivity index (χ1) is 15.1. The van der Waals surface area contributed by atoms with Crippen LogP contribution in [-0.2, 0) is 19.6 Å². The molecule has 0 aliphatic carbocycles. The highest BCUT2D eigenvalue weighted by Crippen LogP contribution is 2.31. The van der Waals surface area contributed by atoms with Crippen molar-refractivity contribution in [2.45, 2.75) is 30.7 Å². The van der Waals surface area contributed by atoms with Crippen LogP contribution in [0.5, 0.6) is 5.75 Å². The number of amides is 4. The SMILES string of the molecule is COc1cc(C)ccc1S(=O)(=O)Nc1ccc2c(c1)C(=O)N(C1CCC(=O)NC1=O)C2=O. The standard InChI is InChI=1S/C21H19N3O7S/c1-11-3-7-17(16(9-11)31-2)32(29,30)23-12-4-5-13-14(10-12)21(28)24(20(13)27)15-6-8-18(25)22-19(15)26/h3-5,7,9-10,15,23H,6,8H2,1-2H3,(H,22,25,26). The smallest absolute Gasteiger partial charge is 0.265 e. The number of aryl methyl sites for hydroxylation is 1. The van der Waals surface area contributed by atoms with Crippen LogP contribution < -0.4 is 14.8 Å². The summed E-state index contributed by atoms with van der Waals surface area (Å²) in [5, 5.41) is 2.12. The molecule has 0 bridgehead atoms. The summed E-state index contributed by atoms with van der Waals surface area (Å²) in [6, 6.07) is 7.44. The van der Waals surface area contributed by atoms with Crippen LogP contribution >= 0.6 is 0 Å². The molecule has 2 aliphatic rings. The van der Waals surface area contributed by atoms with Crippen molar-refractivity contribution in [3.63, 3.8) is 0 Å². The molecule has 4 rings (SSSR count). The molecule has 11 heteroatoms. The Bertz CT molecular complexity index is 1290. The molecule has 10 nitrogen and oxygen atoms in total. The summed E-state index contributed by atoms with van der Waals surface area (Å²) >= 11 is 0. The number of hydrogen-bond donors (Lipinski definition) is 2. The Morgan fingerprint density at radius 1 is 1.03 bits per heavy atom. The van der Waals surface area contributed by atoms with Crippen molar-refractivity contribution >= 4 is 39.3 Å². The topological polar surface area (TPSA) is 139 Å². The molecule has 2 aromatic rings. The number of carbonyl (C=O) groups is 4. The van der Waals surface area contributed by atoms with Gasteiger partial charge in [0.1, 0.15) is 16.7 Å². The first kappa shape index (κ1) is 21.5. The van der Waals surface area contributed by atoms with Crippen molar-refractivity contribution in [2.24, 2.45) is 0 Å². The number of benzene rings is 2. The van der Waals surface area contributed by atoms with Gasteiger partial charge < -0.3 is 4.74 Å². The molecule has 2 aromatic carbocycles. The van der Waals surface area contributed by atoms with Crippen LogP contribution in [0.3, 0.4) is 0 Å². The van der Waals surface area contributed by atoms with Gasteiger partial charge >= 0.3 is 0 Å². The predicted molar refractivity (Wildman–Crippen MR) is 112 cm³/mol. The van der Waals surface area contributed by atoms with E-state index in [2.05, 4.69) is 10.0 Å². The van der Waals surface area contributed by atoms with Crippen molar-refractivity contribution < 1.29 is 32.3 Å². The van der Waals surface area contributed by atoms with Crippen molar-refractivity contribution in [3.05, 3.63) is 53.1 Å².